The van der Waals surface area contributed by atoms with E-state index in [1.807, 2.05) is 19.2 Å². The Balaban J connectivity index is 1.34. The summed E-state index contributed by atoms with van der Waals surface area (Å²) in [7, 11) is 0. The highest BCUT2D eigenvalue weighted by Crippen LogP contribution is 2.32. The molecule has 0 aromatic carbocycles. The van der Waals surface area contributed by atoms with Gasteiger partial charge in [0.05, 0.1) is 33.6 Å². The molecule has 0 aliphatic carbocycles. The summed E-state index contributed by atoms with van der Waals surface area (Å²) in [6.45, 7) is 4.73. The van der Waals surface area contributed by atoms with E-state index >= 15 is 0 Å². The molecule has 4 heterocycles. The number of nitrogens with zero attached hydrogens (tertiary/aromatic N) is 5. The number of anilines is 1. The molecule has 0 spiro atoms. The third kappa shape index (κ3) is 4.15. The summed E-state index contributed by atoms with van der Waals surface area (Å²) in [5.41, 5.74) is 0.750. The molecule has 11 heteroatoms. The van der Waals surface area contributed by atoms with Crippen molar-refractivity contribution in [3.05, 3.63) is 38.9 Å². The minimum atomic E-state index is -4.51. The van der Waals surface area contributed by atoms with E-state index in [0.717, 1.165) is 32.3 Å². The number of carbonyl (C=O) groups excluding carboxylic acids is 1. The molecule has 1 fully saturated rings. The first kappa shape index (κ1) is 19.9. The Morgan fingerprint density at radius 3 is 2.55 bits per heavy atom. The van der Waals surface area contributed by atoms with Gasteiger partial charge in [0.1, 0.15) is 10.8 Å². The molecule has 0 amide bonds. The quantitative estimate of drug-likeness (QED) is 0.600. The average molecular weight is 439 g/mol. The Morgan fingerprint density at radius 1 is 1.21 bits per heavy atom. The van der Waals surface area contributed by atoms with Crippen LogP contribution < -0.4 is 4.90 Å². The van der Waals surface area contributed by atoms with E-state index in [9.17, 15) is 18.0 Å². The molecule has 0 unspecified atom stereocenters. The van der Waals surface area contributed by atoms with E-state index < -0.39 is 11.9 Å². The van der Waals surface area contributed by atoms with Crippen LogP contribution in [0.25, 0.3) is 10.6 Å². The Labute approximate surface area is 172 Å². The number of thiazole rings is 2. The van der Waals surface area contributed by atoms with E-state index in [1.54, 1.807) is 16.2 Å². The Morgan fingerprint density at radius 2 is 1.97 bits per heavy atom. The minimum Gasteiger partial charge on any atom is -0.354 e. The van der Waals surface area contributed by atoms with Gasteiger partial charge in [-0.2, -0.15) is 13.2 Å². The van der Waals surface area contributed by atoms with Gasteiger partial charge >= 0.3 is 6.18 Å². The number of hydrogen-bond donors (Lipinski definition) is 0. The highest BCUT2D eigenvalue weighted by molar-refractivity contribution is 7.16. The van der Waals surface area contributed by atoms with Crippen LogP contribution in [-0.4, -0.2) is 39.0 Å². The fourth-order valence-electron chi connectivity index (χ4n) is 3.07. The lowest BCUT2D eigenvalue weighted by molar-refractivity contribution is -0.141. The van der Waals surface area contributed by atoms with Gasteiger partial charge in [0.25, 0.3) is 0 Å². The zero-order valence-electron chi connectivity index (χ0n) is 15.5. The maximum atomic E-state index is 12.6. The van der Waals surface area contributed by atoms with Crippen molar-refractivity contribution in [2.45, 2.75) is 26.4 Å². The maximum absolute atomic E-state index is 12.6. The number of rotatable bonds is 5. The van der Waals surface area contributed by atoms with Crippen molar-refractivity contribution in [2.75, 3.05) is 18.0 Å². The van der Waals surface area contributed by atoms with Gasteiger partial charge < -0.3 is 4.90 Å². The molecule has 152 valence electrons. The molecule has 1 aliphatic rings. The lowest BCUT2D eigenvalue weighted by Crippen LogP contribution is -2.51. The third-order valence-corrected chi connectivity index (χ3v) is 6.56. The molecule has 0 radical (unpaired) electrons. The first-order valence-corrected chi connectivity index (χ1v) is 10.5. The number of halogens is 3. The van der Waals surface area contributed by atoms with Gasteiger partial charge in [0.2, 0.25) is 0 Å². The van der Waals surface area contributed by atoms with E-state index in [0.29, 0.717) is 18.9 Å². The van der Waals surface area contributed by atoms with Gasteiger partial charge in [0, 0.05) is 18.5 Å². The number of alkyl halides is 3. The van der Waals surface area contributed by atoms with E-state index in [-0.39, 0.29) is 18.1 Å². The molecule has 3 aromatic heterocycles. The van der Waals surface area contributed by atoms with Crippen LogP contribution in [0.5, 0.6) is 0 Å². The number of Topliss-reactive ketones (excluding diaryl/α,β-unsaturated/α-hetero) is 1. The summed E-state index contributed by atoms with van der Waals surface area (Å²) in [6, 6.07) is 2.18. The van der Waals surface area contributed by atoms with E-state index in [1.165, 1.54) is 17.4 Å². The van der Waals surface area contributed by atoms with Crippen molar-refractivity contribution in [2.24, 2.45) is 5.92 Å². The predicted molar refractivity (Wildman–Crippen MR) is 104 cm³/mol. The van der Waals surface area contributed by atoms with E-state index in [4.69, 9.17) is 0 Å². The molecule has 0 saturated carbocycles. The standard InChI is InChI=1S/C18H16F3N5OS2/c1-9-17(29-10(2)22-9)12-8-28-16(23-12)5-13(27)11-6-26(7-11)15-4-3-14(24-25-15)18(19,20)21/h3-4,8,11H,5-7H2,1-2H3. The molecule has 0 bridgehead atoms. The van der Waals surface area contributed by atoms with Crippen molar-refractivity contribution in [1.82, 2.24) is 20.2 Å². The monoisotopic (exact) mass is 439 g/mol. The first-order chi connectivity index (χ1) is 13.7. The number of aromatic nitrogens is 4. The lowest BCUT2D eigenvalue weighted by Gasteiger charge is -2.38. The second kappa shape index (κ2) is 7.45. The fraction of sp³-hybridized carbons (Fsp3) is 0.389. The van der Waals surface area contributed by atoms with Gasteiger partial charge in [-0.1, -0.05) is 0 Å². The summed E-state index contributed by atoms with van der Waals surface area (Å²) in [5.74, 6) is 0.229. The number of carbonyl (C=O) groups is 1. The average Bonchev–Trinajstić information content (AvgIpc) is 3.19. The summed E-state index contributed by atoms with van der Waals surface area (Å²) in [4.78, 5) is 24.3. The summed E-state index contributed by atoms with van der Waals surface area (Å²) in [5, 5.41) is 10.5. The number of hydrogen-bond acceptors (Lipinski definition) is 8. The highest BCUT2D eigenvalue weighted by atomic mass is 32.1. The minimum absolute atomic E-state index is 0.0687. The van der Waals surface area contributed by atoms with E-state index in [2.05, 4.69) is 20.2 Å². The SMILES string of the molecule is Cc1nc(C)c(-c2csc(CC(=O)C3CN(c4ccc(C(F)(F)F)nn4)C3)n2)s1. The highest BCUT2D eigenvalue weighted by Gasteiger charge is 2.36. The van der Waals surface area contributed by atoms with Crippen molar-refractivity contribution < 1.29 is 18.0 Å². The van der Waals surface area contributed by atoms with Crippen molar-refractivity contribution >= 4 is 34.3 Å². The number of ketones is 1. The molecule has 1 saturated heterocycles. The zero-order chi connectivity index (χ0) is 20.8. The largest absolute Gasteiger partial charge is 0.435 e. The fourth-order valence-corrected chi connectivity index (χ4v) is 4.82. The van der Waals surface area contributed by atoms with Crippen LogP contribution in [0.4, 0.5) is 19.0 Å². The predicted octanol–water partition coefficient (Wildman–Crippen LogP) is 3.94. The molecule has 0 atom stereocenters. The Kier molecular flexibility index (Phi) is 5.11. The van der Waals surface area contributed by atoms with Gasteiger partial charge in [-0.15, -0.1) is 32.9 Å². The number of aryl methyl sites for hydroxylation is 2. The van der Waals surface area contributed by atoms with Gasteiger partial charge in [-0.05, 0) is 26.0 Å². The van der Waals surface area contributed by atoms with Crippen molar-refractivity contribution in [1.29, 1.82) is 0 Å². The molecular formula is C18H16F3N5OS2. The topological polar surface area (TPSA) is 71.9 Å². The van der Waals surface area contributed by atoms with Crippen molar-refractivity contribution in [3.63, 3.8) is 0 Å². The van der Waals surface area contributed by atoms with Crippen molar-refractivity contribution in [3.8, 4) is 10.6 Å². The normalized spacial score (nSPS) is 14.9. The smallest absolute Gasteiger partial charge is 0.354 e. The Bertz CT molecular complexity index is 1040. The summed E-state index contributed by atoms with van der Waals surface area (Å²) in [6.07, 6.45) is -4.26. The second-order valence-electron chi connectivity index (χ2n) is 6.79. The molecular weight excluding hydrogens is 423 g/mol. The molecule has 3 aromatic rings. The summed E-state index contributed by atoms with van der Waals surface area (Å²) >= 11 is 3.03. The first-order valence-electron chi connectivity index (χ1n) is 8.78. The molecule has 6 nitrogen and oxygen atoms in total. The molecule has 0 N–H and O–H groups in total. The van der Waals surface area contributed by atoms with Crippen LogP contribution in [0.2, 0.25) is 0 Å². The van der Waals surface area contributed by atoms with Crippen LogP contribution in [-0.2, 0) is 17.4 Å². The molecule has 1 aliphatic heterocycles. The summed E-state index contributed by atoms with van der Waals surface area (Å²) < 4.78 is 37.7. The Hall–Kier alpha value is -2.40. The second-order valence-corrected chi connectivity index (χ2v) is 8.94. The molecule has 29 heavy (non-hydrogen) atoms. The molecule has 4 rings (SSSR count). The van der Waals surface area contributed by atoms with Crippen LogP contribution in [0.3, 0.4) is 0 Å². The van der Waals surface area contributed by atoms with Crippen LogP contribution >= 0.6 is 22.7 Å². The van der Waals surface area contributed by atoms with Crippen LogP contribution in [0.1, 0.15) is 21.4 Å². The van der Waals surface area contributed by atoms with Gasteiger partial charge in [-0.25, -0.2) is 9.97 Å². The maximum Gasteiger partial charge on any atom is 0.435 e. The van der Waals surface area contributed by atoms with Gasteiger partial charge in [-0.3, -0.25) is 4.79 Å². The zero-order valence-corrected chi connectivity index (χ0v) is 17.2. The van der Waals surface area contributed by atoms with Crippen LogP contribution in [0, 0.1) is 19.8 Å². The third-order valence-electron chi connectivity index (χ3n) is 4.62. The lowest BCUT2D eigenvalue weighted by atomic mass is 9.93. The van der Waals surface area contributed by atoms with Gasteiger partial charge in [0.15, 0.2) is 11.5 Å². The van der Waals surface area contributed by atoms with Crippen LogP contribution in [0.15, 0.2) is 17.5 Å².